The second-order valence-corrected chi connectivity index (χ2v) is 5.61. The molecule has 0 saturated carbocycles. The molecule has 0 aromatic heterocycles. The molecule has 0 spiro atoms. The van der Waals surface area contributed by atoms with E-state index in [-0.39, 0.29) is 11.4 Å². The summed E-state index contributed by atoms with van der Waals surface area (Å²) in [5.74, 6) is 0. The molecule has 1 rings (SSSR count). The first kappa shape index (κ1) is 15.6. The lowest BCUT2D eigenvalue weighted by Crippen LogP contribution is -2.51. The monoisotopic (exact) mass is 276 g/mol. The molecular formula is C13H19F3N2O. The maximum absolute atomic E-state index is 12.7. The van der Waals surface area contributed by atoms with E-state index in [0.717, 1.165) is 6.07 Å². The first-order chi connectivity index (χ1) is 8.34. The molecule has 0 unspecified atom stereocenters. The van der Waals surface area contributed by atoms with Crippen molar-refractivity contribution in [3.8, 4) is 0 Å². The zero-order valence-electron chi connectivity index (χ0n) is 11.4. The average molecular weight is 276 g/mol. The van der Waals surface area contributed by atoms with E-state index >= 15 is 0 Å². The van der Waals surface area contributed by atoms with E-state index in [0.29, 0.717) is 0 Å². The summed E-state index contributed by atoms with van der Waals surface area (Å²) in [4.78, 5) is 0. The van der Waals surface area contributed by atoms with Gasteiger partial charge in [0.15, 0.2) is 0 Å². The van der Waals surface area contributed by atoms with E-state index in [4.69, 9.17) is 5.73 Å². The third kappa shape index (κ3) is 3.53. The molecule has 0 aliphatic carbocycles. The summed E-state index contributed by atoms with van der Waals surface area (Å²) in [5.41, 5.74) is 2.48. The first-order valence-electron chi connectivity index (χ1n) is 5.82. The summed E-state index contributed by atoms with van der Waals surface area (Å²) < 4.78 is 38.2. The Bertz CT molecular complexity index is 462. The van der Waals surface area contributed by atoms with Crippen molar-refractivity contribution in [3.05, 3.63) is 23.8 Å². The van der Waals surface area contributed by atoms with Gasteiger partial charge in [-0.15, -0.1) is 0 Å². The number of nitrogens with two attached hydrogens (primary N) is 1. The Morgan fingerprint density at radius 2 is 1.63 bits per heavy atom. The number of benzene rings is 1. The summed E-state index contributed by atoms with van der Waals surface area (Å²) in [7, 11) is 0. The highest BCUT2D eigenvalue weighted by Gasteiger charge is 2.36. The molecule has 0 aliphatic rings. The Labute approximate surface area is 110 Å². The molecule has 0 aliphatic heterocycles. The second kappa shape index (κ2) is 4.59. The SMILES string of the molecule is CC(C)(O)C(C)(C)Nc1ccc(N)c(C(F)(F)F)c1. The molecule has 1 aromatic rings. The van der Waals surface area contributed by atoms with E-state index < -0.39 is 22.9 Å². The maximum Gasteiger partial charge on any atom is 0.418 e. The number of hydrogen-bond donors (Lipinski definition) is 3. The number of alkyl halides is 3. The van der Waals surface area contributed by atoms with Gasteiger partial charge in [-0.25, -0.2) is 0 Å². The van der Waals surface area contributed by atoms with Crippen LogP contribution in [0.15, 0.2) is 18.2 Å². The molecule has 19 heavy (non-hydrogen) atoms. The van der Waals surface area contributed by atoms with Crippen LogP contribution in [0.2, 0.25) is 0 Å². The zero-order chi connectivity index (χ0) is 15.1. The van der Waals surface area contributed by atoms with Crippen LogP contribution < -0.4 is 11.1 Å². The van der Waals surface area contributed by atoms with E-state index in [1.165, 1.54) is 12.1 Å². The number of nitrogen functional groups attached to an aromatic ring is 1. The lowest BCUT2D eigenvalue weighted by molar-refractivity contribution is -0.136. The van der Waals surface area contributed by atoms with Crippen LogP contribution in [0.1, 0.15) is 33.3 Å². The Hall–Kier alpha value is -1.43. The van der Waals surface area contributed by atoms with E-state index in [2.05, 4.69) is 5.32 Å². The van der Waals surface area contributed by atoms with Crippen molar-refractivity contribution < 1.29 is 18.3 Å². The van der Waals surface area contributed by atoms with Crippen LogP contribution in [0, 0.1) is 0 Å². The third-order valence-corrected chi connectivity index (χ3v) is 3.35. The molecular weight excluding hydrogens is 257 g/mol. The highest BCUT2D eigenvalue weighted by atomic mass is 19.4. The fourth-order valence-electron chi connectivity index (χ4n) is 1.39. The number of rotatable bonds is 3. The van der Waals surface area contributed by atoms with Gasteiger partial charge in [0, 0.05) is 11.4 Å². The van der Waals surface area contributed by atoms with Crippen LogP contribution >= 0.6 is 0 Å². The van der Waals surface area contributed by atoms with Crippen LogP contribution in [0.25, 0.3) is 0 Å². The Balaban J connectivity index is 3.12. The quantitative estimate of drug-likeness (QED) is 0.743. The summed E-state index contributed by atoms with van der Waals surface area (Å²) in [6.07, 6.45) is -4.50. The highest BCUT2D eigenvalue weighted by molar-refractivity contribution is 5.59. The molecule has 0 amide bonds. The molecule has 0 fully saturated rings. The van der Waals surface area contributed by atoms with Crippen LogP contribution in [0.5, 0.6) is 0 Å². The Morgan fingerprint density at radius 3 is 2.05 bits per heavy atom. The molecule has 0 bridgehead atoms. The highest BCUT2D eigenvalue weighted by Crippen LogP contribution is 2.36. The molecule has 3 nitrogen and oxygen atoms in total. The molecule has 0 radical (unpaired) electrons. The Morgan fingerprint density at radius 1 is 1.11 bits per heavy atom. The standard InChI is InChI=1S/C13H19F3N2O/c1-11(2,12(3,4)19)18-8-5-6-10(17)9(7-8)13(14,15)16/h5-7,18-19H,17H2,1-4H3. The molecule has 0 saturated heterocycles. The van der Waals surface area contributed by atoms with Crippen LogP contribution in [-0.2, 0) is 6.18 Å². The van der Waals surface area contributed by atoms with Gasteiger partial charge in [0.25, 0.3) is 0 Å². The zero-order valence-corrected chi connectivity index (χ0v) is 11.4. The number of anilines is 2. The number of aliphatic hydroxyl groups is 1. The normalized spacial score (nSPS) is 13.5. The van der Waals surface area contributed by atoms with Gasteiger partial charge in [0.05, 0.1) is 16.7 Å². The number of halogens is 3. The average Bonchev–Trinajstić information content (AvgIpc) is 2.17. The minimum atomic E-state index is -4.50. The number of hydrogen-bond acceptors (Lipinski definition) is 3. The second-order valence-electron chi connectivity index (χ2n) is 5.61. The lowest BCUT2D eigenvalue weighted by Gasteiger charge is -2.39. The van der Waals surface area contributed by atoms with Crippen LogP contribution in [0.4, 0.5) is 24.5 Å². The third-order valence-electron chi connectivity index (χ3n) is 3.35. The molecule has 6 heteroatoms. The van der Waals surface area contributed by atoms with Crippen molar-refractivity contribution in [1.82, 2.24) is 0 Å². The molecule has 0 atom stereocenters. The van der Waals surface area contributed by atoms with Crippen LogP contribution in [0.3, 0.4) is 0 Å². The largest absolute Gasteiger partial charge is 0.418 e. The Kier molecular flexibility index (Phi) is 3.78. The van der Waals surface area contributed by atoms with Gasteiger partial charge in [-0.05, 0) is 45.9 Å². The topological polar surface area (TPSA) is 58.3 Å². The van der Waals surface area contributed by atoms with E-state index in [1.54, 1.807) is 27.7 Å². The van der Waals surface area contributed by atoms with Crippen molar-refractivity contribution in [2.24, 2.45) is 0 Å². The first-order valence-corrected chi connectivity index (χ1v) is 5.82. The fourth-order valence-corrected chi connectivity index (χ4v) is 1.39. The van der Waals surface area contributed by atoms with Crippen molar-refractivity contribution in [1.29, 1.82) is 0 Å². The fraction of sp³-hybridized carbons (Fsp3) is 0.538. The summed E-state index contributed by atoms with van der Waals surface area (Å²) >= 11 is 0. The smallest absolute Gasteiger partial charge is 0.398 e. The minimum Gasteiger partial charge on any atom is -0.398 e. The molecule has 108 valence electrons. The van der Waals surface area contributed by atoms with Crippen molar-refractivity contribution in [2.75, 3.05) is 11.1 Å². The molecule has 4 N–H and O–H groups in total. The van der Waals surface area contributed by atoms with E-state index in [1.807, 2.05) is 0 Å². The van der Waals surface area contributed by atoms with Gasteiger partial charge < -0.3 is 16.2 Å². The summed E-state index contributed by atoms with van der Waals surface area (Å²) in [6.45, 7) is 6.58. The maximum atomic E-state index is 12.7. The summed E-state index contributed by atoms with van der Waals surface area (Å²) in [5, 5.41) is 12.9. The van der Waals surface area contributed by atoms with Gasteiger partial charge in [-0.1, -0.05) is 0 Å². The van der Waals surface area contributed by atoms with Crippen molar-refractivity contribution >= 4 is 11.4 Å². The summed E-state index contributed by atoms with van der Waals surface area (Å²) in [6, 6.07) is 3.60. The van der Waals surface area contributed by atoms with Gasteiger partial charge >= 0.3 is 6.18 Å². The van der Waals surface area contributed by atoms with Crippen LogP contribution in [-0.4, -0.2) is 16.2 Å². The van der Waals surface area contributed by atoms with Crippen molar-refractivity contribution in [2.45, 2.75) is 45.0 Å². The van der Waals surface area contributed by atoms with Gasteiger partial charge in [0.1, 0.15) is 0 Å². The van der Waals surface area contributed by atoms with Gasteiger partial charge in [0.2, 0.25) is 0 Å². The van der Waals surface area contributed by atoms with Gasteiger partial charge in [-0.3, -0.25) is 0 Å². The van der Waals surface area contributed by atoms with Gasteiger partial charge in [-0.2, -0.15) is 13.2 Å². The van der Waals surface area contributed by atoms with Crippen molar-refractivity contribution in [3.63, 3.8) is 0 Å². The lowest BCUT2D eigenvalue weighted by atomic mass is 9.85. The van der Waals surface area contributed by atoms with E-state index in [9.17, 15) is 18.3 Å². The number of nitrogens with one attached hydrogen (secondary N) is 1. The predicted molar refractivity (Wildman–Crippen MR) is 69.9 cm³/mol. The molecule has 0 heterocycles. The predicted octanol–water partition coefficient (Wildman–Crippen LogP) is 3.25. The molecule has 1 aromatic carbocycles. The minimum absolute atomic E-state index is 0.258.